The van der Waals surface area contributed by atoms with E-state index in [0.29, 0.717) is 5.82 Å². The average molecular weight is 329 g/mol. The Morgan fingerprint density at radius 3 is 2.82 bits per heavy atom. The van der Waals surface area contributed by atoms with Crippen molar-refractivity contribution in [3.05, 3.63) is 14.2 Å². The van der Waals surface area contributed by atoms with Crippen molar-refractivity contribution < 1.29 is 4.74 Å². The van der Waals surface area contributed by atoms with E-state index in [4.69, 9.17) is 10.5 Å². The Labute approximate surface area is 86.6 Å². The highest BCUT2D eigenvalue weighted by Gasteiger charge is 2.08. The van der Waals surface area contributed by atoms with E-state index in [1.165, 1.54) is 0 Å². The molecule has 0 fully saturated rings. The van der Waals surface area contributed by atoms with E-state index in [1.54, 1.807) is 13.3 Å². The fourth-order valence-corrected chi connectivity index (χ4v) is 2.13. The molecule has 0 radical (unpaired) electrons. The van der Waals surface area contributed by atoms with Gasteiger partial charge in [-0.2, -0.15) is 0 Å². The van der Waals surface area contributed by atoms with E-state index in [1.807, 2.05) is 0 Å². The highest BCUT2D eigenvalue weighted by Crippen LogP contribution is 2.31. The zero-order valence-corrected chi connectivity index (χ0v) is 9.51. The Morgan fingerprint density at radius 1 is 1.73 bits per heavy atom. The molecule has 0 aliphatic carbocycles. The second-order valence-electron chi connectivity index (χ2n) is 1.84. The number of ether oxygens (including phenoxy) is 1. The summed E-state index contributed by atoms with van der Waals surface area (Å²) in [4.78, 5) is 3.93. The Kier molecular flexibility index (Phi) is 2.94. The summed E-state index contributed by atoms with van der Waals surface area (Å²) in [5.74, 6) is 1.23. The van der Waals surface area contributed by atoms with Crippen LogP contribution >= 0.6 is 38.5 Å². The minimum atomic E-state index is 0.491. The fraction of sp³-hybridized carbons (Fsp3) is 0.167. The highest BCUT2D eigenvalue weighted by atomic mass is 127. The lowest BCUT2D eigenvalue weighted by Crippen LogP contribution is -1.97. The van der Waals surface area contributed by atoms with Crippen LogP contribution in [0.1, 0.15) is 0 Å². The zero-order valence-electron chi connectivity index (χ0n) is 5.77. The van der Waals surface area contributed by atoms with Gasteiger partial charge in [0.2, 0.25) is 0 Å². The van der Waals surface area contributed by atoms with Crippen LogP contribution in [0.25, 0.3) is 0 Å². The van der Waals surface area contributed by atoms with Gasteiger partial charge in [-0.15, -0.1) is 0 Å². The number of aromatic nitrogens is 1. The summed E-state index contributed by atoms with van der Waals surface area (Å²) in [6, 6.07) is 0. The van der Waals surface area contributed by atoms with Crippen LogP contribution in [0.4, 0.5) is 5.82 Å². The van der Waals surface area contributed by atoms with Crippen molar-refractivity contribution in [3.63, 3.8) is 0 Å². The predicted octanol–water partition coefficient (Wildman–Crippen LogP) is 2.04. The molecule has 5 heteroatoms. The molecule has 3 nitrogen and oxygen atoms in total. The maximum atomic E-state index is 5.55. The molecule has 0 saturated carbocycles. The van der Waals surface area contributed by atoms with Crippen molar-refractivity contribution in [2.24, 2.45) is 0 Å². The number of pyridine rings is 1. The summed E-state index contributed by atoms with van der Waals surface area (Å²) in [7, 11) is 1.60. The van der Waals surface area contributed by atoms with Gasteiger partial charge in [0.05, 0.1) is 15.2 Å². The number of rotatable bonds is 1. The first-order chi connectivity index (χ1) is 5.16. The van der Waals surface area contributed by atoms with E-state index in [2.05, 4.69) is 43.5 Å². The maximum absolute atomic E-state index is 5.55. The van der Waals surface area contributed by atoms with Crippen LogP contribution in [0.2, 0.25) is 0 Å². The molecule has 0 aliphatic rings. The molecule has 1 aromatic rings. The molecule has 1 aromatic heterocycles. The van der Waals surface area contributed by atoms with E-state index in [0.717, 1.165) is 13.8 Å². The molecule has 0 aliphatic heterocycles. The van der Waals surface area contributed by atoms with Gasteiger partial charge in [-0.05, 0) is 38.5 Å². The van der Waals surface area contributed by atoms with Crippen molar-refractivity contribution in [1.29, 1.82) is 0 Å². The molecule has 0 unspecified atom stereocenters. The van der Waals surface area contributed by atoms with Crippen molar-refractivity contribution >= 4 is 44.3 Å². The normalized spacial score (nSPS) is 9.73. The summed E-state index contributed by atoms with van der Waals surface area (Å²) >= 11 is 5.38. The Balaban J connectivity index is 3.29. The molecule has 0 spiro atoms. The van der Waals surface area contributed by atoms with Gasteiger partial charge in [-0.1, -0.05) is 0 Å². The number of nitrogen functional groups attached to an aromatic ring is 1. The van der Waals surface area contributed by atoms with Crippen molar-refractivity contribution in [3.8, 4) is 5.75 Å². The van der Waals surface area contributed by atoms with Crippen LogP contribution in [-0.2, 0) is 0 Å². The lowest BCUT2D eigenvalue weighted by molar-refractivity contribution is 0.409. The Hall–Kier alpha value is -0.0400. The number of nitrogens with two attached hydrogens (primary N) is 1. The standard InChI is InChI=1S/C6H6BrIN2O/c1-11-5-3(7)2-10-6(9)4(5)8/h2H,1H3,(H2,9,10). The van der Waals surface area contributed by atoms with Crippen LogP contribution in [-0.4, -0.2) is 12.1 Å². The van der Waals surface area contributed by atoms with Gasteiger partial charge in [0.25, 0.3) is 0 Å². The number of methoxy groups -OCH3 is 1. The van der Waals surface area contributed by atoms with Crippen LogP contribution < -0.4 is 10.5 Å². The monoisotopic (exact) mass is 328 g/mol. The maximum Gasteiger partial charge on any atom is 0.151 e. The first-order valence-corrected chi connectivity index (χ1v) is 4.67. The molecule has 2 N–H and O–H groups in total. The topological polar surface area (TPSA) is 48.1 Å². The van der Waals surface area contributed by atoms with Crippen molar-refractivity contribution in [1.82, 2.24) is 4.98 Å². The van der Waals surface area contributed by atoms with Gasteiger partial charge in [0, 0.05) is 6.20 Å². The van der Waals surface area contributed by atoms with Gasteiger partial charge in [0.15, 0.2) is 5.75 Å². The number of halogens is 2. The van der Waals surface area contributed by atoms with E-state index < -0.39 is 0 Å². The molecule has 0 atom stereocenters. The lowest BCUT2D eigenvalue weighted by atomic mass is 10.4. The Morgan fingerprint density at radius 2 is 2.36 bits per heavy atom. The summed E-state index contributed by atoms with van der Waals surface area (Å²) in [6.45, 7) is 0. The number of nitrogens with zero attached hydrogens (tertiary/aromatic N) is 1. The molecule has 1 heterocycles. The molecular formula is C6H6BrIN2O. The smallest absolute Gasteiger partial charge is 0.151 e. The minimum Gasteiger partial charge on any atom is -0.494 e. The number of hydrogen-bond donors (Lipinski definition) is 1. The van der Waals surface area contributed by atoms with Gasteiger partial charge in [0.1, 0.15) is 5.82 Å². The van der Waals surface area contributed by atoms with Crippen LogP contribution in [0.15, 0.2) is 10.7 Å². The summed E-state index contributed by atoms with van der Waals surface area (Å²) in [5, 5.41) is 0. The molecule has 11 heavy (non-hydrogen) atoms. The predicted molar refractivity (Wildman–Crippen MR) is 55.6 cm³/mol. The third-order valence-corrected chi connectivity index (χ3v) is 2.77. The molecular weight excluding hydrogens is 323 g/mol. The second-order valence-corrected chi connectivity index (χ2v) is 3.77. The lowest BCUT2D eigenvalue weighted by Gasteiger charge is -2.06. The van der Waals surface area contributed by atoms with E-state index >= 15 is 0 Å². The third kappa shape index (κ3) is 1.76. The Bertz CT molecular complexity index is 280. The van der Waals surface area contributed by atoms with Gasteiger partial charge < -0.3 is 10.5 Å². The number of hydrogen-bond acceptors (Lipinski definition) is 3. The van der Waals surface area contributed by atoms with E-state index in [9.17, 15) is 0 Å². The van der Waals surface area contributed by atoms with Crippen molar-refractivity contribution in [2.75, 3.05) is 12.8 Å². The second kappa shape index (κ2) is 3.57. The average Bonchev–Trinajstić information content (AvgIpc) is 1.99. The highest BCUT2D eigenvalue weighted by molar-refractivity contribution is 14.1. The fourth-order valence-electron chi connectivity index (χ4n) is 0.650. The van der Waals surface area contributed by atoms with Gasteiger partial charge >= 0.3 is 0 Å². The zero-order chi connectivity index (χ0) is 8.43. The van der Waals surface area contributed by atoms with Gasteiger partial charge in [-0.3, -0.25) is 0 Å². The quantitative estimate of drug-likeness (QED) is 0.803. The first kappa shape index (κ1) is 9.05. The minimum absolute atomic E-state index is 0.491. The van der Waals surface area contributed by atoms with Crippen molar-refractivity contribution in [2.45, 2.75) is 0 Å². The molecule has 0 bridgehead atoms. The van der Waals surface area contributed by atoms with Crippen LogP contribution in [0.3, 0.4) is 0 Å². The summed E-state index contributed by atoms with van der Waals surface area (Å²) in [5.41, 5.74) is 5.55. The van der Waals surface area contributed by atoms with E-state index in [-0.39, 0.29) is 0 Å². The number of anilines is 1. The SMILES string of the molecule is COc1c(Br)cnc(N)c1I. The third-order valence-electron chi connectivity index (χ3n) is 1.16. The molecule has 0 amide bonds. The van der Waals surface area contributed by atoms with Gasteiger partial charge in [-0.25, -0.2) is 4.98 Å². The molecule has 0 saturated heterocycles. The molecule has 0 aromatic carbocycles. The first-order valence-electron chi connectivity index (χ1n) is 2.80. The van der Waals surface area contributed by atoms with Crippen LogP contribution in [0, 0.1) is 3.57 Å². The summed E-state index contributed by atoms with van der Waals surface area (Å²) in [6.07, 6.45) is 1.62. The van der Waals surface area contributed by atoms with Crippen LogP contribution in [0.5, 0.6) is 5.75 Å². The molecule has 60 valence electrons. The summed E-state index contributed by atoms with van der Waals surface area (Å²) < 4.78 is 6.73. The molecule has 1 rings (SSSR count). The largest absolute Gasteiger partial charge is 0.494 e.